The molecule has 1 aliphatic rings. The molecule has 0 bridgehead atoms. The predicted octanol–water partition coefficient (Wildman–Crippen LogP) is 1.82. The van der Waals surface area contributed by atoms with Crippen LogP contribution in [0.3, 0.4) is 0 Å². The Kier molecular flexibility index (Phi) is 5.55. The van der Waals surface area contributed by atoms with Gasteiger partial charge in [-0.05, 0) is 37.5 Å². The van der Waals surface area contributed by atoms with E-state index in [9.17, 15) is 9.59 Å². The fraction of sp³-hybridized carbons (Fsp3) is 0.529. The van der Waals surface area contributed by atoms with Gasteiger partial charge in [0.05, 0.1) is 12.0 Å². The minimum absolute atomic E-state index is 0.0145. The lowest BCUT2D eigenvalue weighted by Crippen LogP contribution is -2.40. The third-order valence-electron chi connectivity index (χ3n) is 4.16. The largest absolute Gasteiger partial charge is 0.378 e. The van der Waals surface area contributed by atoms with Crippen molar-refractivity contribution in [1.82, 2.24) is 10.2 Å². The fourth-order valence-electron chi connectivity index (χ4n) is 2.79. The Hall–Kier alpha value is -1.88. The minimum Gasteiger partial charge on any atom is -0.378 e. The van der Waals surface area contributed by atoms with E-state index in [0.29, 0.717) is 12.1 Å². The molecule has 1 fully saturated rings. The van der Waals surface area contributed by atoms with Crippen molar-refractivity contribution in [1.29, 1.82) is 0 Å². The van der Waals surface area contributed by atoms with Gasteiger partial charge in [-0.1, -0.05) is 12.1 Å². The highest BCUT2D eigenvalue weighted by Gasteiger charge is 2.30. The highest BCUT2D eigenvalue weighted by Crippen LogP contribution is 2.23. The van der Waals surface area contributed by atoms with Crippen LogP contribution < -0.4 is 5.32 Å². The van der Waals surface area contributed by atoms with Crippen molar-refractivity contribution >= 4 is 11.8 Å². The molecule has 2 atom stereocenters. The molecule has 5 heteroatoms. The van der Waals surface area contributed by atoms with E-state index < -0.39 is 0 Å². The normalized spacial score (nSPS) is 21.2. The standard InChI is InChI=1S/C17H24N2O3/c1-12-15(5-4-10-22-12)17(21)19(3)11-13-6-8-14(9-7-13)16(20)18-2/h6-9,12,15H,4-5,10-11H2,1-3H3,(H,18,20)/t12-,15-/m1/s1. The van der Waals surface area contributed by atoms with Crippen LogP contribution in [0, 0.1) is 5.92 Å². The average Bonchev–Trinajstić information content (AvgIpc) is 2.54. The second kappa shape index (κ2) is 7.40. The van der Waals surface area contributed by atoms with Crippen molar-refractivity contribution in [3.05, 3.63) is 35.4 Å². The van der Waals surface area contributed by atoms with E-state index >= 15 is 0 Å². The Balaban J connectivity index is 1.97. The van der Waals surface area contributed by atoms with Crippen molar-refractivity contribution in [2.75, 3.05) is 20.7 Å². The number of nitrogens with zero attached hydrogens (tertiary/aromatic N) is 1. The van der Waals surface area contributed by atoms with Gasteiger partial charge in [-0.15, -0.1) is 0 Å². The van der Waals surface area contributed by atoms with E-state index in [2.05, 4.69) is 5.32 Å². The van der Waals surface area contributed by atoms with Gasteiger partial charge in [-0.25, -0.2) is 0 Å². The molecule has 1 aliphatic heterocycles. The molecule has 1 saturated heterocycles. The number of hydrogen-bond donors (Lipinski definition) is 1. The van der Waals surface area contributed by atoms with Crippen LogP contribution in [0.2, 0.25) is 0 Å². The third kappa shape index (κ3) is 3.85. The minimum atomic E-state index is -0.107. The topological polar surface area (TPSA) is 58.6 Å². The summed E-state index contributed by atoms with van der Waals surface area (Å²) in [5.41, 5.74) is 1.63. The molecule has 5 nitrogen and oxygen atoms in total. The van der Waals surface area contributed by atoms with Crippen LogP contribution in [0.4, 0.5) is 0 Å². The van der Waals surface area contributed by atoms with Gasteiger partial charge in [0, 0.05) is 32.8 Å². The molecule has 1 heterocycles. The maximum Gasteiger partial charge on any atom is 0.251 e. The first-order valence-electron chi connectivity index (χ1n) is 7.70. The van der Waals surface area contributed by atoms with Crippen LogP contribution in [0.5, 0.6) is 0 Å². The summed E-state index contributed by atoms with van der Waals surface area (Å²) in [5, 5.41) is 2.59. The smallest absolute Gasteiger partial charge is 0.251 e. The van der Waals surface area contributed by atoms with E-state index in [0.717, 1.165) is 25.0 Å². The molecule has 0 radical (unpaired) electrons. The molecular formula is C17H24N2O3. The third-order valence-corrected chi connectivity index (χ3v) is 4.16. The first kappa shape index (κ1) is 16.5. The van der Waals surface area contributed by atoms with E-state index in [-0.39, 0.29) is 23.8 Å². The monoisotopic (exact) mass is 304 g/mol. The van der Waals surface area contributed by atoms with Crippen LogP contribution in [0.1, 0.15) is 35.7 Å². The summed E-state index contributed by atoms with van der Waals surface area (Å²) in [6.45, 7) is 3.25. The number of rotatable bonds is 4. The van der Waals surface area contributed by atoms with E-state index in [1.54, 1.807) is 24.1 Å². The van der Waals surface area contributed by atoms with Crippen LogP contribution in [0.15, 0.2) is 24.3 Å². The molecule has 0 aromatic heterocycles. The number of hydrogen-bond acceptors (Lipinski definition) is 3. The highest BCUT2D eigenvalue weighted by molar-refractivity contribution is 5.93. The van der Waals surface area contributed by atoms with Gasteiger partial charge < -0.3 is 15.0 Å². The molecule has 2 rings (SSSR count). The molecule has 1 aromatic rings. The summed E-state index contributed by atoms with van der Waals surface area (Å²) in [5.74, 6) is -0.0318. The van der Waals surface area contributed by atoms with Crippen LogP contribution >= 0.6 is 0 Å². The number of benzene rings is 1. The maximum absolute atomic E-state index is 12.5. The van der Waals surface area contributed by atoms with E-state index in [4.69, 9.17) is 4.74 Å². The second-order valence-corrected chi connectivity index (χ2v) is 5.79. The highest BCUT2D eigenvalue weighted by atomic mass is 16.5. The van der Waals surface area contributed by atoms with Crippen molar-refractivity contribution in [3.8, 4) is 0 Å². The number of carbonyl (C=O) groups is 2. The zero-order valence-electron chi connectivity index (χ0n) is 13.5. The second-order valence-electron chi connectivity index (χ2n) is 5.79. The Morgan fingerprint density at radius 2 is 2.00 bits per heavy atom. The number of ether oxygens (including phenoxy) is 1. The van der Waals surface area contributed by atoms with Gasteiger partial charge in [-0.3, -0.25) is 9.59 Å². The summed E-state index contributed by atoms with van der Waals surface area (Å²) in [4.78, 5) is 25.8. The Morgan fingerprint density at radius 1 is 1.32 bits per heavy atom. The SMILES string of the molecule is CNC(=O)c1ccc(CN(C)C(=O)[C@@H]2CCCO[C@@H]2C)cc1. The Labute approximate surface area is 131 Å². The molecule has 0 unspecified atom stereocenters. The summed E-state index contributed by atoms with van der Waals surface area (Å²) >= 11 is 0. The fourth-order valence-corrected chi connectivity index (χ4v) is 2.79. The molecular weight excluding hydrogens is 280 g/mol. The Bertz CT molecular complexity index is 527. The van der Waals surface area contributed by atoms with Crippen molar-refractivity contribution < 1.29 is 14.3 Å². The lowest BCUT2D eigenvalue weighted by molar-refractivity contribution is -0.143. The van der Waals surface area contributed by atoms with Gasteiger partial charge in [0.1, 0.15) is 0 Å². The van der Waals surface area contributed by atoms with Gasteiger partial charge in [-0.2, -0.15) is 0 Å². The number of carbonyl (C=O) groups excluding carboxylic acids is 2. The van der Waals surface area contributed by atoms with Crippen molar-refractivity contribution in [3.63, 3.8) is 0 Å². The predicted molar refractivity (Wildman–Crippen MR) is 84.4 cm³/mol. The summed E-state index contributed by atoms with van der Waals surface area (Å²) in [7, 11) is 3.42. The molecule has 0 aliphatic carbocycles. The first-order valence-corrected chi connectivity index (χ1v) is 7.70. The molecule has 1 N–H and O–H groups in total. The van der Waals surface area contributed by atoms with E-state index in [1.165, 1.54) is 0 Å². The first-order chi connectivity index (χ1) is 10.5. The molecule has 120 valence electrons. The zero-order chi connectivity index (χ0) is 16.1. The summed E-state index contributed by atoms with van der Waals surface area (Å²) < 4.78 is 5.57. The zero-order valence-corrected chi connectivity index (χ0v) is 13.5. The lowest BCUT2D eigenvalue weighted by Gasteiger charge is -2.31. The average molecular weight is 304 g/mol. The number of amides is 2. The summed E-state index contributed by atoms with van der Waals surface area (Å²) in [6.07, 6.45) is 1.81. The molecule has 1 aromatic carbocycles. The van der Waals surface area contributed by atoms with Crippen molar-refractivity contribution in [2.45, 2.75) is 32.4 Å². The van der Waals surface area contributed by atoms with Gasteiger partial charge in [0.2, 0.25) is 5.91 Å². The molecule has 0 saturated carbocycles. The Morgan fingerprint density at radius 3 is 2.59 bits per heavy atom. The molecule has 22 heavy (non-hydrogen) atoms. The quantitative estimate of drug-likeness (QED) is 0.923. The summed E-state index contributed by atoms with van der Waals surface area (Å²) in [6, 6.07) is 7.32. The van der Waals surface area contributed by atoms with Crippen LogP contribution in [-0.4, -0.2) is 43.5 Å². The van der Waals surface area contributed by atoms with Crippen molar-refractivity contribution in [2.24, 2.45) is 5.92 Å². The van der Waals surface area contributed by atoms with Crippen LogP contribution in [0.25, 0.3) is 0 Å². The lowest BCUT2D eigenvalue weighted by atomic mass is 9.94. The van der Waals surface area contributed by atoms with Crippen LogP contribution in [-0.2, 0) is 16.1 Å². The maximum atomic E-state index is 12.5. The molecule has 2 amide bonds. The number of nitrogens with one attached hydrogen (secondary N) is 1. The van der Waals surface area contributed by atoms with Gasteiger partial charge >= 0.3 is 0 Å². The van der Waals surface area contributed by atoms with E-state index in [1.807, 2.05) is 26.1 Å². The van der Waals surface area contributed by atoms with Gasteiger partial charge in [0.15, 0.2) is 0 Å². The van der Waals surface area contributed by atoms with Gasteiger partial charge in [0.25, 0.3) is 5.91 Å². The molecule has 0 spiro atoms.